The number of thioether (sulfide) groups is 1. The van der Waals surface area contributed by atoms with Crippen molar-refractivity contribution in [3.63, 3.8) is 0 Å². The minimum Gasteiger partial charge on any atom is -0.495 e. The third-order valence-electron chi connectivity index (χ3n) is 5.33. The Hall–Kier alpha value is -3.71. The molecule has 0 aliphatic heterocycles. The van der Waals surface area contributed by atoms with E-state index in [2.05, 4.69) is 15.5 Å². The summed E-state index contributed by atoms with van der Waals surface area (Å²) in [6, 6.07) is 23.6. The van der Waals surface area contributed by atoms with Gasteiger partial charge in [-0.1, -0.05) is 83.6 Å². The van der Waals surface area contributed by atoms with Gasteiger partial charge in [0.05, 0.1) is 18.0 Å². The Labute approximate surface area is 203 Å². The number of anilines is 1. The number of rotatable bonds is 7. The first-order valence-corrected chi connectivity index (χ1v) is 11.8. The van der Waals surface area contributed by atoms with Gasteiger partial charge in [-0.05, 0) is 32.9 Å². The predicted molar refractivity (Wildman–Crippen MR) is 137 cm³/mol. The topological polar surface area (TPSA) is 77.0 Å². The van der Waals surface area contributed by atoms with Gasteiger partial charge in [0.15, 0.2) is 0 Å². The van der Waals surface area contributed by atoms with Crippen molar-refractivity contribution in [1.82, 2.24) is 15.2 Å². The van der Waals surface area contributed by atoms with Crippen LogP contribution in [0.25, 0.3) is 22.5 Å². The van der Waals surface area contributed by atoms with Crippen LogP contribution in [-0.2, 0) is 4.79 Å². The van der Waals surface area contributed by atoms with Crippen molar-refractivity contribution in [3.05, 3.63) is 83.9 Å². The van der Waals surface area contributed by atoms with Gasteiger partial charge in [0.25, 0.3) is 0 Å². The Morgan fingerprint density at radius 1 is 0.853 bits per heavy atom. The van der Waals surface area contributed by atoms with Gasteiger partial charge in [-0.3, -0.25) is 4.79 Å². The summed E-state index contributed by atoms with van der Waals surface area (Å²) in [5, 5.41) is 11.8. The molecule has 0 aliphatic carbocycles. The molecule has 34 heavy (non-hydrogen) atoms. The summed E-state index contributed by atoms with van der Waals surface area (Å²) in [5.74, 6) is 0.438. The molecule has 6 nitrogen and oxygen atoms in total. The zero-order valence-corrected chi connectivity index (χ0v) is 20.4. The van der Waals surface area contributed by atoms with Crippen molar-refractivity contribution < 1.29 is 9.53 Å². The number of nitrogens with zero attached hydrogens (tertiary/aromatic N) is 3. The van der Waals surface area contributed by atoms with E-state index < -0.39 is 5.25 Å². The standard InChI is InChI=1S/C27H26N4O2S/c1-17-9-13-20(14-10-17)24-25(21-15-11-18(2)12-16-21)30-31-27(29-24)34-19(3)26(32)28-22-7-5-6-8-23(22)33-4/h5-16,19H,1-4H3,(H,28,32). The van der Waals surface area contributed by atoms with E-state index in [0.717, 1.165) is 16.8 Å². The van der Waals surface area contributed by atoms with Crippen LogP contribution in [0.4, 0.5) is 5.69 Å². The van der Waals surface area contributed by atoms with Crippen LogP contribution in [0.2, 0.25) is 0 Å². The molecule has 0 aliphatic rings. The smallest absolute Gasteiger partial charge is 0.237 e. The highest BCUT2D eigenvalue weighted by atomic mass is 32.2. The third kappa shape index (κ3) is 5.43. The molecule has 1 N–H and O–H groups in total. The fraction of sp³-hybridized carbons (Fsp3) is 0.185. The minimum absolute atomic E-state index is 0.169. The molecule has 0 fully saturated rings. The van der Waals surface area contributed by atoms with Crippen molar-refractivity contribution in [2.45, 2.75) is 31.2 Å². The average Bonchev–Trinajstić information content (AvgIpc) is 2.85. The minimum atomic E-state index is -0.442. The van der Waals surface area contributed by atoms with E-state index in [1.54, 1.807) is 19.2 Å². The quantitative estimate of drug-likeness (QED) is 0.336. The van der Waals surface area contributed by atoms with E-state index in [1.807, 2.05) is 81.4 Å². The van der Waals surface area contributed by atoms with Gasteiger partial charge >= 0.3 is 0 Å². The molecule has 0 saturated heterocycles. The van der Waals surface area contributed by atoms with Crippen LogP contribution in [-0.4, -0.2) is 33.4 Å². The lowest BCUT2D eigenvalue weighted by atomic mass is 10.0. The maximum Gasteiger partial charge on any atom is 0.237 e. The van der Waals surface area contributed by atoms with Crippen LogP contribution in [0.15, 0.2) is 78.0 Å². The van der Waals surface area contributed by atoms with Gasteiger partial charge in [0, 0.05) is 11.1 Å². The monoisotopic (exact) mass is 470 g/mol. The van der Waals surface area contributed by atoms with Crippen LogP contribution < -0.4 is 10.1 Å². The molecule has 1 amide bonds. The van der Waals surface area contributed by atoms with E-state index in [0.29, 0.717) is 22.3 Å². The molecule has 1 aromatic heterocycles. The number of para-hydroxylation sites is 2. The first-order valence-electron chi connectivity index (χ1n) is 10.9. The summed E-state index contributed by atoms with van der Waals surface area (Å²) in [4.78, 5) is 17.7. The van der Waals surface area contributed by atoms with Gasteiger partial charge < -0.3 is 10.1 Å². The maximum atomic E-state index is 12.8. The summed E-state index contributed by atoms with van der Waals surface area (Å²) >= 11 is 1.27. The largest absolute Gasteiger partial charge is 0.495 e. The highest BCUT2D eigenvalue weighted by Gasteiger charge is 2.20. The summed E-state index contributed by atoms with van der Waals surface area (Å²) < 4.78 is 5.32. The van der Waals surface area contributed by atoms with Gasteiger partial charge in [0.1, 0.15) is 17.1 Å². The highest BCUT2D eigenvalue weighted by molar-refractivity contribution is 8.00. The molecule has 3 aromatic carbocycles. The van der Waals surface area contributed by atoms with E-state index >= 15 is 0 Å². The number of hydrogen-bond acceptors (Lipinski definition) is 6. The van der Waals surface area contributed by atoms with E-state index in [-0.39, 0.29) is 5.91 Å². The number of carbonyl (C=O) groups is 1. The Morgan fingerprint density at radius 2 is 1.44 bits per heavy atom. The molecule has 4 aromatic rings. The van der Waals surface area contributed by atoms with Crippen LogP contribution in [0.3, 0.4) is 0 Å². The SMILES string of the molecule is COc1ccccc1NC(=O)C(C)Sc1nnc(-c2ccc(C)cc2)c(-c2ccc(C)cc2)n1. The number of ether oxygens (including phenoxy) is 1. The van der Waals surface area contributed by atoms with Crippen molar-refractivity contribution in [3.8, 4) is 28.3 Å². The molecule has 1 unspecified atom stereocenters. The molecule has 7 heteroatoms. The second kappa shape index (κ2) is 10.5. The second-order valence-electron chi connectivity index (χ2n) is 7.97. The highest BCUT2D eigenvalue weighted by Crippen LogP contribution is 2.32. The molecule has 172 valence electrons. The molecule has 0 spiro atoms. The molecular formula is C27H26N4O2S. The zero-order valence-electron chi connectivity index (χ0n) is 19.6. The molecule has 0 saturated carbocycles. The second-order valence-corrected chi connectivity index (χ2v) is 9.28. The number of benzene rings is 3. The summed E-state index contributed by atoms with van der Waals surface area (Å²) in [6.45, 7) is 5.91. The van der Waals surface area contributed by atoms with Gasteiger partial charge in [-0.15, -0.1) is 10.2 Å². The predicted octanol–water partition coefficient (Wildman–Crippen LogP) is 5.95. The van der Waals surface area contributed by atoms with Crippen LogP contribution in [0.5, 0.6) is 5.75 Å². The van der Waals surface area contributed by atoms with E-state index in [1.165, 1.54) is 22.9 Å². The van der Waals surface area contributed by atoms with Gasteiger partial charge in [-0.25, -0.2) is 4.98 Å². The summed E-state index contributed by atoms with van der Waals surface area (Å²) in [5.41, 5.74) is 6.29. The third-order valence-corrected chi connectivity index (χ3v) is 6.28. The zero-order chi connectivity index (χ0) is 24.1. The number of aromatic nitrogens is 3. The van der Waals surface area contributed by atoms with Crippen LogP contribution in [0, 0.1) is 13.8 Å². The Morgan fingerprint density at radius 3 is 2.06 bits per heavy atom. The lowest BCUT2D eigenvalue weighted by Crippen LogP contribution is -2.23. The number of aryl methyl sites for hydroxylation is 2. The fourth-order valence-corrected chi connectivity index (χ4v) is 4.09. The van der Waals surface area contributed by atoms with Gasteiger partial charge in [0.2, 0.25) is 11.1 Å². The lowest BCUT2D eigenvalue weighted by Gasteiger charge is -2.14. The molecular weight excluding hydrogens is 444 g/mol. The van der Waals surface area contributed by atoms with Crippen LogP contribution in [0.1, 0.15) is 18.1 Å². The molecule has 0 bridgehead atoms. The molecule has 1 atom stereocenters. The Bertz CT molecular complexity index is 1290. The normalized spacial score (nSPS) is 11.6. The first-order chi connectivity index (χ1) is 16.4. The number of amides is 1. The fourth-order valence-electron chi connectivity index (χ4n) is 3.37. The average molecular weight is 471 g/mol. The summed E-state index contributed by atoms with van der Waals surface area (Å²) in [6.07, 6.45) is 0. The lowest BCUT2D eigenvalue weighted by molar-refractivity contribution is -0.115. The maximum absolute atomic E-state index is 12.8. The number of carbonyl (C=O) groups excluding carboxylic acids is 1. The Kier molecular flexibility index (Phi) is 7.23. The molecule has 4 rings (SSSR count). The Balaban J connectivity index is 1.62. The van der Waals surface area contributed by atoms with E-state index in [4.69, 9.17) is 9.72 Å². The number of methoxy groups -OCH3 is 1. The van der Waals surface area contributed by atoms with Crippen molar-refractivity contribution >= 4 is 23.4 Å². The van der Waals surface area contributed by atoms with Crippen molar-refractivity contribution in [2.24, 2.45) is 0 Å². The number of hydrogen-bond donors (Lipinski definition) is 1. The van der Waals surface area contributed by atoms with Crippen LogP contribution >= 0.6 is 11.8 Å². The van der Waals surface area contributed by atoms with E-state index in [9.17, 15) is 4.79 Å². The van der Waals surface area contributed by atoms with Gasteiger partial charge in [-0.2, -0.15) is 0 Å². The molecule has 1 heterocycles. The van der Waals surface area contributed by atoms with Crippen molar-refractivity contribution in [2.75, 3.05) is 12.4 Å². The number of nitrogens with one attached hydrogen (secondary N) is 1. The first kappa shape index (κ1) is 23.4. The molecule has 0 radical (unpaired) electrons. The summed E-state index contributed by atoms with van der Waals surface area (Å²) in [7, 11) is 1.57. The van der Waals surface area contributed by atoms with Crippen molar-refractivity contribution in [1.29, 1.82) is 0 Å².